The van der Waals surface area contributed by atoms with Gasteiger partial charge in [-0.3, -0.25) is 0 Å². The van der Waals surface area contributed by atoms with Crippen molar-refractivity contribution in [2.75, 3.05) is 0 Å². The average Bonchev–Trinajstić information content (AvgIpc) is 2.53. The Morgan fingerprint density at radius 1 is 0.762 bits per heavy atom. The Morgan fingerprint density at radius 2 is 1.29 bits per heavy atom. The smallest absolute Gasteiger partial charge is 0.0621 e. The Kier molecular flexibility index (Phi) is 7.62. The molecule has 2 aliphatic rings. The molecule has 0 spiro atoms. The van der Waals surface area contributed by atoms with E-state index in [9.17, 15) is 0 Å². The van der Waals surface area contributed by atoms with Gasteiger partial charge < -0.3 is 0 Å². The minimum atomic E-state index is 0.760. The van der Waals surface area contributed by atoms with E-state index in [1.54, 1.807) is 0 Å². The summed E-state index contributed by atoms with van der Waals surface area (Å²) < 4.78 is 0. The molecule has 2 fully saturated rings. The number of hydrogen-bond donors (Lipinski definition) is 0. The first-order chi connectivity index (χ1) is 10.3. The second-order valence-electron chi connectivity index (χ2n) is 7.75. The third-order valence-corrected chi connectivity index (χ3v) is 6.30. The number of rotatable bonds is 7. The fraction of sp³-hybridized carbons (Fsp3) is 0.950. The predicted octanol–water partition coefficient (Wildman–Crippen LogP) is 6.48. The molecule has 0 radical (unpaired) electrons. The summed E-state index contributed by atoms with van der Waals surface area (Å²) in [4.78, 5) is 0. The molecule has 0 unspecified atom stereocenters. The van der Waals surface area contributed by atoms with Crippen molar-refractivity contribution in [2.24, 2.45) is 23.7 Å². The molecule has 0 aromatic heterocycles. The quantitative estimate of drug-likeness (QED) is 0.492. The number of nitriles is 1. The van der Waals surface area contributed by atoms with Gasteiger partial charge in [0.15, 0.2) is 0 Å². The topological polar surface area (TPSA) is 23.8 Å². The molecule has 2 saturated carbocycles. The maximum atomic E-state index is 8.58. The van der Waals surface area contributed by atoms with E-state index in [1.165, 1.54) is 77.0 Å². The van der Waals surface area contributed by atoms with Crippen molar-refractivity contribution in [1.29, 1.82) is 5.26 Å². The Bertz CT molecular complexity index is 300. The van der Waals surface area contributed by atoms with Gasteiger partial charge >= 0.3 is 0 Å². The first-order valence-corrected chi connectivity index (χ1v) is 9.70. The predicted molar refractivity (Wildman–Crippen MR) is 89.9 cm³/mol. The van der Waals surface area contributed by atoms with Crippen molar-refractivity contribution in [3.8, 4) is 6.07 Å². The van der Waals surface area contributed by atoms with Crippen LogP contribution >= 0.6 is 0 Å². The average molecular weight is 290 g/mol. The van der Waals surface area contributed by atoms with Crippen LogP contribution in [0.4, 0.5) is 0 Å². The Hall–Kier alpha value is -0.510. The monoisotopic (exact) mass is 289 g/mol. The second kappa shape index (κ2) is 9.50. The SMILES string of the molecule is CCC[C@H]1CC[C@H]([C@H]2CC[C@H](CCCCC#N)CC2)CC1. The summed E-state index contributed by atoms with van der Waals surface area (Å²) >= 11 is 0. The largest absolute Gasteiger partial charge is 0.198 e. The molecule has 21 heavy (non-hydrogen) atoms. The maximum Gasteiger partial charge on any atom is 0.0621 e. The summed E-state index contributed by atoms with van der Waals surface area (Å²) in [5.74, 6) is 4.17. The van der Waals surface area contributed by atoms with Gasteiger partial charge in [-0.25, -0.2) is 0 Å². The first kappa shape index (κ1) is 16.9. The maximum absolute atomic E-state index is 8.58. The van der Waals surface area contributed by atoms with E-state index in [1.807, 2.05) is 0 Å². The molecule has 0 aromatic carbocycles. The lowest BCUT2D eigenvalue weighted by molar-refractivity contribution is 0.140. The van der Waals surface area contributed by atoms with Gasteiger partial charge in [-0.15, -0.1) is 0 Å². The van der Waals surface area contributed by atoms with Crippen LogP contribution in [0.2, 0.25) is 0 Å². The summed E-state index contributed by atoms with van der Waals surface area (Å²) in [6.07, 6.45) is 19.5. The van der Waals surface area contributed by atoms with Gasteiger partial charge in [0, 0.05) is 6.42 Å². The highest BCUT2D eigenvalue weighted by Gasteiger charge is 2.30. The summed E-state index contributed by atoms with van der Waals surface area (Å²) in [5.41, 5.74) is 0. The molecule has 1 nitrogen and oxygen atoms in total. The fourth-order valence-corrected chi connectivity index (χ4v) is 4.94. The Balaban J connectivity index is 1.60. The Labute approximate surface area is 132 Å². The molecule has 2 rings (SSSR count). The van der Waals surface area contributed by atoms with Gasteiger partial charge in [-0.1, -0.05) is 58.3 Å². The number of unbranched alkanes of at least 4 members (excludes halogenated alkanes) is 2. The normalized spacial score (nSPS) is 33.5. The molecular weight excluding hydrogens is 254 g/mol. The molecule has 0 heterocycles. The van der Waals surface area contributed by atoms with Crippen molar-refractivity contribution in [3.05, 3.63) is 0 Å². The molecule has 0 saturated heterocycles. The van der Waals surface area contributed by atoms with Gasteiger partial charge in [0.25, 0.3) is 0 Å². The summed E-state index contributed by atoms with van der Waals surface area (Å²) in [6, 6.07) is 2.27. The summed E-state index contributed by atoms with van der Waals surface area (Å²) in [7, 11) is 0. The molecular formula is C20H35N. The molecule has 0 atom stereocenters. The lowest BCUT2D eigenvalue weighted by Gasteiger charge is -2.38. The van der Waals surface area contributed by atoms with Crippen LogP contribution in [0.1, 0.15) is 96.8 Å². The summed E-state index contributed by atoms with van der Waals surface area (Å²) in [6.45, 7) is 2.34. The molecule has 0 N–H and O–H groups in total. The van der Waals surface area contributed by atoms with E-state index in [0.717, 1.165) is 36.5 Å². The zero-order chi connectivity index (χ0) is 14.9. The molecule has 0 bridgehead atoms. The molecule has 0 amide bonds. The molecule has 0 aliphatic heterocycles. The highest BCUT2D eigenvalue weighted by atomic mass is 14.4. The van der Waals surface area contributed by atoms with Crippen molar-refractivity contribution >= 4 is 0 Å². The molecule has 2 aliphatic carbocycles. The minimum absolute atomic E-state index is 0.760. The van der Waals surface area contributed by atoms with Gasteiger partial charge in [0.2, 0.25) is 0 Å². The van der Waals surface area contributed by atoms with E-state index in [0.29, 0.717) is 0 Å². The zero-order valence-corrected chi connectivity index (χ0v) is 14.2. The second-order valence-corrected chi connectivity index (χ2v) is 7.75. The van der Waals surface area contributed by atoms with E-state index >= 15 is 0 Å². The number of hydrogen-bond acceptors (Lipinski definition) is 1. The third-order valence-electron chi connectivity index (χ3n) is 6.30. The van der Waals surface area contributed by atoms with Crippen LogP contribution < -0.4 is 0 Å². The zero-order valence-electron chi connectivity index (χ0n) is 14.2. The van der Waals surface area contributed by atoms with Crippen molar-refractivity contribution < 1.29 is 0 Å². The van der Waals surface area contributed by atoms with Crippen LogP contribution in [0.5, 0.6) is 0 Å². The van der Waals surface area contributed by atoms with Gasteiger partial charge in [-0.2, -0.15) is 5.26 Å². The van der Waals surface area contributed by atoms with Crippen LogP contribution in [0.25, 0.3) is 0 Å². The molecule has 0 aromatic rings. The summed E-state index contributed by atoms with van der Waals surface area (Å²) in [5, 5.41) is 8.58. The lowest BCUT2D eigenvalue weighted by Crippen LogP contribution is -2.25. The molecule has 1 heteroatoms. The molecule has 120 valence electrons. The van der Waals surface area contributed by atoms with Crippen molar-refractivity contribution in [3.63, 3.8) is 0 Å². The highest BCUT2D eigenvalue weighted by molar-refractivity contribution is 4.82. The van der Waals surface area contributed by atoms with Crippen molar-refractivity contribution in [2.45, 2.75) is 96.8 Å². The Morgan fingerprint density at radius 3 is 1.76 bits per heavy atom. The van der Waals surface area contributed by atoms with Gasteiger partial charge in [0.1, 0.15) is 0 Å². The standard InChI is InChI=1S/C20H35N/c1-2-6-17-8-12-19(13-9-17)20-14-10-18(11-15-20)7-4-3-5-16-21/h17-20H,2-15H2,1H3/t17-,18-,19-,20-. The fourth-order valence-electron chi connectivity index (χ4n) is 4.94. The van der Waals surface area contributed by atoms with Gasteiger partial charge in [-0.05, 0) is 55.8 Å². The van der Waals surface area contributed by atoms with Crippen molar-refractivity contribution in [1.82, 2.24) is 0 Å². The van der Waals surface area contributed by atoms with Crippen LogP contribution in [0.3, 0.4) is 0 Å². The minimum Gasteiger partial charge on any atom is -0.198 e. The lowest BCUT2D eigenvalue weighted by atomic mass is 9.68. The van der Waals surface area contributed by atoms with E-state index in [2.05, 4.69) is 13.0 Å². The third kappa shape index (κ3) is 5.65. The van der Waals surface area contributed by atoms with Crippen LogP contribution in [0, 0.1) is 35.0 Å². The van der Waals surface area contributed by atoms with Crippen LogP contribution in [-0.2, 0) is 0 Å². The van der Waals surface area contributed by atoms with E-state index < -0.39 is 0 Å². The first-order valence-electron chi connectivity index (χ1n) is 9.70. The number of nitrogens with zero attached hydrogens (tertiary/aromatic N) is 1. The highest BCUT2D eigenvalue weighted by Crippen LogP contribution is 2.42. The van der Waals surface area contributed by atoms with Crippen LogP contribution in [0.15, 0.2) is 0 Å². The van der Waals surface area contributed by atoms with E-state index in [4.69, 9.17) is 5.26 Å². The van der Waals surface area contributed by atoms with Gasteiger partial charge in [0.05, 0.1) is 6.07 Å². The van der Waals surface area contributed by atoms with E-state index in [-0.39, 0.29) is 0 Å². The van der Waals surface area contributed by atoms with Crippen LogP contribution in [-0.4, -0.2) is 0 Å².